The van der Waals surface area contributed by atoms with Gasteiger partial charge in [-0.05, 0) is 6.92 Å². The van der Waals surface area contributed by atoms with Gasteiger partial charge < -0.3 is 0 Å². The maximum atomic E-state index is 5.23. The molecule has 0 aliphatic carbocycles. The van der Waals surface area contributed by atoms with E-state index in [-0.39, 0.29) is 6.23 Å². The first-order valence-electron chi connectivity index (χ1n) is 3.83. The van der Waals surface area contributed by atoms with E-state index in [1.807, 2.05) is 37.3 Å². The van der Waals surface area contributed by atoms with E-state index in [0.29, 0.717) is 0 Å². The Morgan fingerprint density at radius 2 is 2.08 bits per heavy atom. The van der Waals surface area contributed by atoms with E-state index in [9.17, 15) is 0 Å². The summed E-state index contributed by atoms with van der Waals surface area (Å²) in [5.74, 6) is 0. The lowest BCUT2D eigenvalue weighted by Gasteiger charge is -1.94. The molecule has 1 aliphatic heterocycles. The van der Waals surface area contributed by atoms with Gasteiger partial charge in [0.2, 0.25) is 0 Å². The highest BCUT2D eigenvalue weighted by atomic mass is 32.2. The summed E-state index contributed by atoms with van der Waals surface area (Å²) in [5, 5.41) is 0.975. The van der Waals surface area contributed by atoms with Gasteiger partial charge in [-0.15, -0.1) is 0 Å². The van der Waals surface area contributed by atoms with Crippen molar-refractivity contribution < 1.29 is 4.18 Å². The van der Waals surface area contributed by atoms with Crippen LogP contribution in [0.15, 0.2) is 35.3 Å². The molecule has 0 N–H and O–H groups in total. The lowest BCUT2D eigenvalue weighted by molar-refractivity contribution is 0.290. The molecule has 2 rings (SSSR count). The predicted octanol–water partition coefficient (Wildman–Crippen LogP) is 2.46. The highest BCUT2D eigenvalue weighted by Crippen LogP contribution is 2.24. The normalized spacial score (nSPS) is 22.4. The van der Waals surface area contributed by atoms with Crippen LogP contribution in [0, 0.1) is 0 Å². The molecule has 1 aromatic rings. The lowest BCUT2D eigenvalue weighted by atomic mass is 10.2. The van der Waals surface area contributed by atoms with E-state index < -0.39 is 0 Å². The van der Waals surface area contributed by atoms with Crippen LogP contribution in [0.1, 0.15) is 12.5 Å². The van der Waals surface area contributed by atoms with Crippen LogP contribution in [-0.4, -0.2) is 11.3 Å². The van der Waals surface area contributed by atoms with E-state index in [1.165, 1.54) is 12.0 Å². The fraction of sp³-hybridized carbons (Fsp3) is 0.222. The molecular weight excluding hydrogens is 170 g/mol. The average Bonchev–Trinajstić information content (AvgIpc) is 2.54. The zero-order chi connectivity index (χ0) is 8.39. The van der Waals surface area contributed by atoms with Crippen molar-refractivity contribution in [3.63, 3.8) is 0 Å². The Kier molecular flexibility index (Phi) is 2.15. The second-order valence-electron chi connectivity index (χ2n) is 2.58. The first-order chi connectivity index (χ1) is 5.86. The Bertz CT molecular complexity index is 297. The van der Waals surface area contributed by atoms with Gasteiger partial charge in [0, 0.05) is 5.56 Å². The topological polar surface area (TPSA) is 21.6 Å². The molecule has 0 spiro atoms. The molecule has 0 bridgehead atoms. The molecule has 12 heavy (non-hydrogen) atoms. The van der Waals surface area contributed by atoms with Gasteiger partial charge in [0.1, 0.15) is 5.04 Å². The van der Waals surface area contributed by atoms with Crippen molar-refractivity contribution in [2.45, 2.75) is 13.2 Å². The van der Waals surface area contributed by atoms with E-state index >= 15 is 0 Å². The minimum Gasteiger partial charge on any atom is -0.282 e. The number of hydrogen-bond acceptors (Lipinski definition) is 3. The Hall–Kier alpha value is -0.800. The highest BCUT2D eigenvalue weighted by molar-refractivity contribution is 8.10. The number of aliphatic imine (C=N–C) groups is 1. The zero-order valence-corrected chi connectivity index (χ0v) is 7.54. The van der Waals surface area contributed by atoms with Gasteiger partial charge >= 0.3 is 0 Å². The third kappa shape index (κ3) is 1.52. The largest absolute Gasteiger partial charge is 0.282 e. The zero-order valence-electron chi connectivity index (χ0n) is 6.73. The van der Waals surface area contributed by atoms with Crippen molar-refractivity contribution in [1.29, 1.82) is 0 Å². The monoisotopic (exact) mass is 179 g/mol. The third-order valence-electron chi connectivity index (χ3n) is 1.59. The molecular formula is C9H9NOS. The average molecular weight is 179 g/mol. The van der Waals surface area contributed by atoms with Crippen molar-refractivity contribution in [3.05, 3.63) is 35.9 Å². The maximum absolute atomic E-state index is 5.23. The van der Waals surface area contributed by atoms with Gasteiger partial charge in [-0.1, -0.05) is 30.3 Å². The molecule has 1 aliphatic rings. The summed E-state index contributed by atoms with van der Waals surface area (Å²) in [7, 11) is 0. The molecule has 1 atom stereocenters. The minimum atomic E-state index is -0.00907. The second-order valence-corrected chi connectivity index (χ2v) is 3.32. The fourth-order valence-electron chi connectivity index (χ4n) is 1.03. The Morgan fingerprint density at radius 1 is 1.33 bits per heavy atom. The van der Waals surface area contributed by atoms with E-state index in [0.717, 1.165) is 10.6 Å². The molecule has 2 nitrogen and oxygen atoms in total. The SMILES string of the molecule is CC1N=C(c2ccccc2)SO1. The predicted molar refractivity (Wildman–Crippen MR) is 51.1 cm³/mol. The van der Waals surface area contributed by atoms with Crippen LogP contribution in [0.25, 0.3) is 0 Å². The number of hydrogen-bond donors (Lipinski definition) is 0. The molecule has 62 valence electrons. The van der Waals surface area contributed by atoms with Crippen LogP contribution >= 0.6 is 12.0 Å². The molecule has 1 aromatic carbocycles. The molecule has 3 heteroatoms. The van der Waals surface area contributed by atoms with Crippen LogP contribution in [0.3, 0.4) is 0 Å². The molecule has 0 saturated heterocycles. The van der Waals surface area contributed by atoms with E-state index in [1.54, 1.807) is 0 Å². The quantitative estimate of drug-likeness (QED) is 0.618. The van der Waals surface area contributed by atoms with Crippen LogP contribution in [0.4, 0.5) is 0 Å². The maximum Gasteiger partial charge on any atom is 0.161 e. The Labute approximate surface area is 75.9 Å². The molecule has 0 aromatic heterocycles. The van der Waals surface area contributed by atoms with E-state index in [4.69, 9.17) is 4.18 Å². The van der Waals surface area contributed by atoms with Gasteiger partial charge in [0.15, 0.2) is 6.23 Å². The van der Waals surface area contributed by atoms with Crippen LogP contribution < -0.4 is 0 Å². The van der Waals surface area contributed by atoms with Crippen molar-refractivity contribution >= 4 is 17.1 Å². The second kappa shape index (κ2) is 3.29. The molecule has 1 unspecified atom stereocenters. The number of nitrogens with zero attached hydrogens (tertiary/aromatic N) is 1. The summed E-state index contributed by atoms with van der Waals surface area (Å²) < 4.78 is 5.23. The van der Waals surface area contributed by atoms with E-state index in [2.05, 4.69) is 4.99 Å². The van der Waals surface area contributed by atoms with Gasteiger partial charge in [0.05, 0.1) is 12.0 Å². The lowest BCUT2D eigenvalue weighted by Crippen LogP contribution is -1.91. The van der Waals surface area contributed by atoms with Gasteiger partial charge in [-0.25, -0.2) is 4.99 Å². The first kappa shape index (κ1) is 7.83. The number of benzene rings is 1. The fourth-order valence-corrected chi connectivity index (χ4v) is 1.72. The minimum absolute atomic E-state index is 0.00907. The summed E-state index contributed by atoms with van der Waals surface area (Å²) in [6.45, 7) is 1.93. The van der Waals surface area contributed by atoms with Crippen molar-refractivity contribution in [2.24, 2.45) is 4.99 Å². The molecule has 0 saturated carbocycles. The standard InChI is InChI=1S/C9H9NOS/c1-7-10-9(12-11-7)8-5-3-2-4-6-8/h2-7H,1H3. The summed E-state index contributed by atoms with van der Waals surface area (Å²) in [6, 6.07) is 10.1. The van der Waals surface area contributed by atoms with Crippen molar-refractivity contribution in [3.8, 4) is 0 Å². The third-order valence-corrected chi connectivity index (χ3v) is 2.46. The van der Waals surface area contributed by atoms with Crippen molar-refractivity contribution in [1.82, 2.24) is 0 Å². The summed E-state index contributed by atoms with van der Waals surface area (Å²) in [6.07, 6.45) is -0.00907. The first-order valence-corrected chi connectivity index (χ1v) is 4.57. The molecule has 0 fully saturated rings. The van der Waals surface area contributed by atoms with Gasteiger partial charge in [-0.3, -0.25) is 4.18 Å². The summed E-state index contributed by atoms with van der Waals surface area (Å²) >= 11 is 1.35. The summed E-state index contributed by atoms with van der Waals surface area (Å²) in [4.78, 5) is 4.32. The van der Waals surface area contributed by atoms with Crippen LogP contribution in [0.5, 0.6) is 0 Å². The number of rotatable bonds is 1. The molecule has 0 amide bonds. The van der Waals surface area contributed by atoms with Gasteiger partial charge in [0.25, 0.3) is 0 Å². The Morgan fingerprint density at radius 3 is 2.67 bits per heavy atom. The van der Waals surface area contributed by atoms with Crippen LogP contribution in [-0.2, 0) is 4.18 Å². The molecule has 1 heterocycles. The Balaban J connectivity index is 2.27. The summed E-state index contributed by atoms with van der Waals surface area (Å²) in [5.41, 5.74) is 1.13. The highest BCUT2D eigenvalue weighted by Gasteiger charge is 2.15. The van der Waals surface area contributed by atoms with Crippen LogP contribution in [0.2, 0.25) is 0 Å². The van der Waals surface area contributed by atoms with Crippen molar-refractivity contribution in [2.75, 3.05) is 0 Å². The smallest absolute Gasteiger partial charge is 0.161 e. The molecule has 0 radical (unpaired) electrons. The van der Waals surface area contributed by atoms with Gasteiger partial charge in [-0.2, -0.15) is 0 Å².